The van der Waals surface area contributed by atoms with Crippen molar-refractivity contribution in [2.45, 2.75) is 38.4 Å². The van der Waals surface area contributed by atoms with Crippen molar-refractivity contribution in [1.82, 2.24) is 19.4 Å². The molecule has 3 rings (SSSR count). The van der Waals surface area contributed by atoms with Crippen LogP contribution in [0.4, 0.5) is 23.7 Å². The van der Waals surface area contributed by atoms with Gasteiger partial charge in [0.1, 0.15) is 11.5 Å². The quantitative estimate of drug-likeness (QED) is 0.899. The van der Waals surface area contributed by atoms with Crippen molar-refractivity contribution in [1.29, 1.82) is 0 Å². The summed E-state index contributed by atoms with van der Waals surface area (Å²) in [7, 11) is 0. The number of nitrogens with zero attached hydrogens (tertiary/aromatic N) is 4. The van der Waals surface area contributed by atoms with Crippen LogP contribution in [-0.4, -0.2) is 38.6 Å². The largest absolute Gasteiger partial charge is 0.433 e. The predicted molar refractivity (Wildman–Crippen MR) is 89.7 cm³/mol. The van der Waals surface area contributed by atoms with Gasteiger partial charge in [0.15, 0.2) is 0 Å². The van der Waals surface area contributed by atoms with E-state index in [-0.39, 0.29) is 17.8 Å². The van der Waals surface area contributed by atoms with Gasteiger partial charge in [-0.1, -0.05) is 6.92 Å². The Labute approximate surface area is 149 Å². The molecule has 3 heterocycles. The third-order valence-electron chi connectivity index (χ3n) is 4.45. The number of pyridine rings is 1. The fraction of sp³-hybridized carbons (Fsp3) is 0.471. The highest BCUT2D eigenvalue weighted by Crippen LogP contribution is 2.28. The van der Waals surface area contributed by atoms with E-state index in [1.54, 1.807) is 11.1 Å². The molecule has 1 aliphatic rings. The number of amides is 2. The summed E-state index contributed by atoms with van der Waals surface area (Å²) in [6.45, 7) is 3.17. The molecule has 1 saturated heterocycles. The number of piperidine rings is 1. The van der Waals surface area contributed by atoms with E-state index in [9.17, 15) is 18.0 Å². The highest BCUT2D eigenvalue weighted by atomic mass is 19.4. The number of carbonyl (C=O) groups excluding carboxylic acids is 1. The Kier molecular flexibility index (Phi) is 5.15. The average molecular weight is 367 g/mol. The number of halogens is 3. The van der Waals surface area contributed by atoms with Gasteiger partial charge < -0.3 is 14.8 Å². The molecule has 0 aliphatic carbocycles. The normalized spacial score (nSPS) is 18.0. The van der Waals surface area contributed by atoms with Gasteiger partial charge in [0, 0.05) is 31.9 Å². The molecular formula is C17H20F3N5O. The summed E-state index contributed by atoms with van der Waals surface area (Å²) in [4.78, 5) is 21.8. The fourth-order valence-corrected chi connectivity index (χ4v) is 3.15. The second-order valence-corrected chi connectivity index (χ2v) is 6.21. The van der Waals surface area contributed by atoms with E-state index in [2.05, 4.69) is 19.9 Å². The predicted octanol–water partition coefficient (Wildman–Crippen LogP) is 3.73. The number of rotatable bonds is 3. The lowest BCUT2D eigenvalue weighted by atomic mass is 10.1. The van der Waals surface area contributed by atoms with Gasteiger partial charge in [0.25, 0.3) is 0 Å². The zero-order valence-electron chi connectivity index (χ0n) is 14.3. The molecule has 2 aromatic rings. The van der Waals surface area contributed by atoms with Crippen molar-refractivity contribution in [2.24, 2.45) is 0 Å². The lowest BCUT2D eigenvalue weighted by Crippen LogP contribution is -2.43. The van der Waals surface area contributed by atoms with E-state index >= 15 is 0 Å². The Morgan fingerprint density at radius 3 is 2.81 bits per heavy atom. The van der Waals surface area contributed by atoms with Gasteiger partial charge in [-0.3, -0.25) is 0 Å². The van der Waals surface area contributed by atoms with Crippen LogP contribution in [0.1, 0.15) is 37.3 Å². The number of aromatic nitrogens is 3. The van der Waals surface area contributed by atoms with Gasteiger partial charge in [-0.2, -0.15) is 13.2 Å². The molecule has 1 unspecified atom stereocenters. The molecule has 2 aromatic heterocycles. The molecule has 6 nitrogen and oxygen atoms in total. The van der Waals surface area contributed by atoms with Gasteiger partial charge in [-0.05, 0) is 25.0 Å². The van der Waals surface area contributed by atoms with Crippen LogP contribution in [0.25, 0.3) is 0 Å². The van der Waals surface area contributed by atoms with Crippen LogP contribution < -0.4 is 5.32 Å². The van der Waals surface area contributed by atoms with Crippen LogP contribution in [0.5, 0.6) is 0 Å². The minimum Gasteiger partial charge on any atom is -0.330 e. The van der Waals surface area contributed by atoms with Gasteiger partial charge >= 0.3 is 12.2 Å². The molecule has 26 heavy (non-hydrogen) atoms. The zero-order chi connectivity index (χ0) is 18.7. The Balaban J connectivity index is 1.64. The van der Waals surface area contributed by atoms with E-state index in [0.29, 0.717) is 13.1 Å². The van der Waals surface area contributed by atoms with Crippen LogP contribution in [-0.2, 0) is 12.6 Å². The number of anilines is 1. The first kappa shape index (κ1) is 18.2. The van der Waals surface area contributed by atoms with Crippen LogP contribution in [0.3, 0.4) is 0 Å². The summed E-state index contributed by atoms with van der Waals surface area (Å²) in [5, 5.41) is 2.62. The highest BCUT2D eigenvalue weighted by Gasteiger charge is 2.32. The SMILES string of the molecule is CCc1nccn1C1CCCN(C(=O)Nc2ccc(C(F)(F)F)nc2)C1. The molecule has 9 heteroatoms. The van der Waals surface area contributed by atoms with Crippen LogP contribution in [0.2, 0.25) is 0 Å². The van der Waals surface area contributed by atoms with E-state index in [1.807, 2.05) is 13.1 Å². The molecule has 2 amide bonds. The summed E-state index contributed by atoms with van der Waals surface area (Å²) in [5.41, 5.74) is -0.747. The Bertz CT molecular complexity index is 757. The first-order valence-corrected chi connectivity index (χ1v) is 8.49. The summed E-state index contributed by atoms with van der Waals surface area (Å²) in [6, 6.07) is 1.88. The van der Waals surface area contributed by atoms with Crippen molar-refractivity contribution in [3.8, 4) is 0 Å². The topological polar surface area (TPSA) is 63.1 Å². The Morgan fingerprint density at radius 2 is 2.15 bits per heavy atom. The molecular weight excluding hydrogens is 347 g/mol. The number of carbonyl (C=O) groups is 1. The number of hydrogen-bond acceptors (Lipinski definition) is 3. The summed E-state index contributed by atoms with van der Waals surface area (Å²) >= 11 is 0. The first-order chi connectivity index (χ1) is 12.4. The van der Waals surface area contributed by atoms with E-state index < -0.39 is 11.9 Å². The smallest absolute Gasteiger partial charge is 0.330 e. The van der Waals surface area contributed by atoms with Crippen LogP contribution in [0.15, 0.2) is 30.7 Å². The van der Waals surface area contributed by atoms with Gasteiger partial charge in [0.05, 0.1) is 17.9 Å². The molecule has 0 radical (unpaired) electrons. The zero-order valence-corrected chi connectivity index (χ0v) is 14.3. The standard InChI is InChI=1S/C17H20F3N5O/c1-2-15-21-7-9-25(15)13-4-3-8-24(11-13)16(26)23-12-5-6-14(22-10-12)17(18,19)20/h5-7,9-10,13H,2-4,8,11H2,1H3,(H,23,26). The monoisotopic (exact) mass is 367 g/mol. The molecule has 0 bridgehead atoms. The van der Waals surface area contributed by atoms with Crippen molar-refractivity contribution < 1.29 is 18.0 Å². The average Bonchev–Trinajstić information content (AvgIpc) is 3.10. The van der Waals surface area contributed by atoms with Crippen molar-refractivity contribution in [3.63, 3.8) is 0 Å². The summed E-state index contributed by atoms with van der Waals surface area (Å²) in [5.74, 6) is 0.976. The number of imidazole rings is 1. The molecule has 0 spiro atoms. The molecule has 1 fully saturated rings. The third kappa shape index (κ3) is 3.97. The maximum absolute atomic E-state index is 12.5. The van der Waals surface area contributed by atoms with E-state index in [0.717, 1.165) is 37.4 Å². The van der Waals surface area contributed by atoms with Gasteiger partial charge in [-0.15, -0.1) is 0 Å². The van der Waals surface area contributed by atoms with Crippen molar-refractivity contribution in [3.05, 3.63) is 42.2 Å². The minimum absolute atomic E-state index is 0.151. The lowest BCUT2D eigenvalue weighted by Gasteiger charge is -2.34. The van der Waals surface area contributed by atoms with Crippen LogP contribution in [0, 0.1) is 0 Å². The van der Waals surface area contributed by atoms with E-state index in [4.69, 9.17) is 0 Å². The van der Waals surface area contributed by atoms with Gasteiger partial charge in [-0.25, -0.2) is 14.8 Å². The maximum Gasteiger partial charge on any atom is 0.433 e. The molecule has 140 valence electrons. The molecule has 1 atom stereocenters. The lowest BCUT2D eigenvalue weighted by molar-refractivity contribution is -0.141. The molecule has 1 N–H and O–H groups in total. The molecule has 0 saturated carbocycles. The number of aryl methyl sites for hydroxylation is 1. The first-order valence-electron chi connectivity index (χ1n) is 8.49. The summed E-state index contributed by atoms with van der Waals surface area (Å²) < 4.78 is 39.7. The maximum atomic E-state index is 12.5. The van der Waals surface area contributed by atoms with Gasteiger partial charge in [0.2, 0.25) is 0 Å². The highest BCUT2D eigenvalue weighted by molar-refractivity contribution is 5.89. The third-order valence-corrected chi connectivity index (χ3v) is 4.45. The number of urea groups is 1. The molecule has 1 aliphatic heterocycles. The second kappa shape index (κ2) is 7.35. The fourth-order valence-electron chi connectivity index (χ4n) is 3.15. The Morgan fingerprint density at radius 1 is 1.35 bits per heavy atom. The number of alkyl halides is 3. The van der Waals surface area contributed by atoms with Crippen molar-refractivity contribution >= 4 is 11.7 Å². The number of hydrogen-bond donors (Lipinski definition) is 1. The van der Waals surface area contributed by atoms with Crippen molar-refractivity contribution in [2.75, 3.05) is 18.4 Å². The number of likely N-dealkylation sites (tertiary alicyclic amines) is 1. The molecule has 0 aromatic carbocycles. The Hall–Kier alpha value is -2.58. The second-order valence-electron chi connectivity index (χ2n) is 6.21. The van der Waals surface area contributed by atoms with Crippen LogP contribution >= 0.6 is 0 Å². The van der Waals surface area contributed by atoms with E-state index in [1.165, 1.54) is 6.07 Å². The minimum atomic E-state index is -4.50. The summed E-state index contributed by atoms with van der Waals surface area (Å²) in [6.07, 6.45) is 2.82. The number of nitrogens with one attached hydrogen (secondary N) is 1.